The molecule has 0 radical (unpaired) electrons. The molecule has 0 bridgehead atoms. The summed E-state index contributed by atoms with van der Waals surface area (Å²) < 4.78 is 0.925. The molecule has 1 aromatic rings. The highest BCUT2D eigenvalue weighted by molar-refractivity contribution is 6.24. The first kappa shape index (κ1) is 20.1. The average molecular weight is 372 g/mol. The van der Waals surface area contributed by atoms with Crippen molar-refractivity contribution in [2.24, 2.45) is 5.10 Å². The van der Waals surface area contributed by atoms with Crippen LogP contribution in [0, 0.1) is 18.3 Å². The van der Waals surface area contributed by atoms with E-state index in [1.54, 1.807) is 6.92 Å². The largest absolute Gasteiger partial charge is 0.494 e. The Morgan fingerprint density at radius 1 is 1.19 bits per heavy atom. The van der Waals surface area contributed by atoms with E-state index in [1.165, 1.54) is 25.2 Å². The second kappa shape index (κ2) is 8.44. The molecule has 9 nitrogen and oxygen atoms in total. The molecule has 2 rings (SSSR count). The molecule has 2 heterocycles. The lowest BCUT2D eigenvalue weighted by molar-refractivity contribution is -0.126. The first-order valence-electron chi connectivity index (χ1n) is 8.21. The van der Waals surface area contributed by atoms with Crippen LogP contribution in [-0.2, 0) is 11.3 Å². The van der Waals surface area contributed by atoms with Gasteiger partial charge in [0.2, 0.25) is 5.88 Å². The quantitative estimate of drug-likeness (QED) is 0.595. The normalized spacial score (nSPS) is 15.7. The third-order valence-corrected chi connectivity index (χ3v) is 4.13. The number of aliphatic hydroxyl groups excluding tert-OH is 2. The molecule has 0 aromatic carbocycles. The van der Waals surface area contributed by atoms with Gasteiger partial charge in [-0.15, -0.1) is 0 Å². The topological polar surface area (TPSA) is 139 Å². The van der Waals surface area contributed by atoms with Crippen LogP contribution >= 0.6 is 0 Å². The van der Waals surface area contributed by atoms with Crippen LogP contribution in [0.1, 0.15) is 23.6 Å². The molecule has 0 saturated heterocycles. The van der Waals surface area contributed by atoms with Gasteiger partial charge in [-0.05, 0) is 31.6 Å². The number of aliphatic hydroxyl groups is 2. The van der Waals surface area contributed by atoms with Gasteiger partial charge in [0.1, 0.15) is 11.6 Å². The number of carbonyl (C=O) groups is 1. The van der Waals surface area contributed by atoms with Gasteiger partial charge in [0.05, 0.1) is 37.6 Å². The molecule has 0 saturated carbocycles. The van der Waals surface area contributed by atoms with Crippen molar-refractivity contribution in [2.45, 2.75) is 20.4 Å². The van der Waals surface area contributed by atoms with E-state index in [2.05, 4.69) is 5.10 Å². The maximum Gasteiger partial charge on any atom is 0.275 e. The SMILES string of the molecule is CC1=NN(CCO)C(=O)/C1=C\C=C\c1c(C)c(C#N)c(=O)n(CCO)c1O. The first-order valence-corrected chi connectivity index (χ1v) is 8.21. The van der Waals surface area contributed by atoms with Crippen molar-refractivity contribution in [2.75, 3.05) is 19.8 Å². The van der Waals surface area contributed by atoms with Crippen molar-refractivity contribution in [3.63, 3.8) is 0 Å². The van der Waals surface area contributed by atoms with Crippen molar-refractivity contribution < 1.29 is 20.1 Å². The predicted molar refractivity (Wildman–Crippen MR) is 97.9 cm³/mol. The summed E-state index contributed by atoms with van der Waals surface area (Å²) >= 11 is 0. The van der Waals surface area contributed by atoms with Crippen molar-refractivity contribution in [1.82, 2.24) is 9.58 Å². The van der Waals surface area contributed by atoms with E-state index in [9.17, 15) is 20.0 Å². The molecular formula is C18H20N4O5. The van der Waals surface area contributed by atoms with Crippen LogP contribution in [0.2, 0.25) is 0 Å². The van der Waals surface area contributed by atoms with E-state index in [0.29, 0.717) is 16.8 Å². The minimum Gasteiger partial charge on any atom is -0.494 e. The second-order valence-corrected chi connectivity index (χ2v) is 5.81. The minimum absolute atomic E-state index is 0.0920. The average Bonchev–Trinajstić information content (AvgIpc) is 2.89. The maximum absolute atomic E-state index is 12.2. The molecule has 1 aliphatic rings. The monoisotopic (exact) mass is 372 g/mol. The van der Waals surface area contributed by atoms with E-state index in [1.807, 2.05) is 6.07 Å². The summed E-state index contributed by atoms with van der Waals surface area (Å²) in [7, 11) is 0. The summed E-state index contributed by atoms with van der Waals surface area (Å²) in [6.45, 7) is 2.55. The van der Waals surface area contributed by atoms with Gasteiger partial charge in [-0.3, -0.25) is 14.2 Å². The van der Waals surface area contributed by atoms with Crippen LogP contribution in [0.5, 0.6) is 5.88 Å². The Balaban J connectivity index is 2.45. The Morgan fingerprint density at radius 2 is 1.85 bits per heavy atom. The number of hydrogen-bond donors (Lipinski definition) is 3. The van der Waals surface area contributed by atoms with Gasteiger partial charge in [-0.2, -0.15) is 10.4 Å². The smallest absolute Gasteiger partial charge is 0.275 e. The number of aromatic hydroxyl groups is 1. The van der Waals surface area contributed by atoms with Crippen molar-refractivity contribution in [1.29, 1.82) is 5.26 Å². The number of carbonyl (C=O) groups excluding carboxylic acids is 1. The van der Waals surface area contributed by atoms with Crippen molar-refractivity contribution in [3.8, 4) is 11.9 Å². The molecule has 142 valence electrons. The highest BCUT2D eigenvalue weighted by atomic mass is 16.3. The fourth-order valence-corrected chi connectivity index (χ4v) is 2.73. The summed E-state index contributed by atoms with van der Waals surface area (Å²) in [5, 5.41) is 42.8. The van der Waals surface area contributed by atoms with Gasteiger partial charge in [-0.25, -0.2) is 5.01 Å². The highest BCUT2D eigenvalue weighted by Crippen LogP contribution is 2.23. The van der Waals surface area contributed by atoms with Crippen molar-refractivity contribution in [3.05, 3.63) is 44.8 Å². The van der Waals surface area contributed by atoms with Crippen LogP contribution in [0.4, 0.5) is 0 Å². The molecule has 0 aliphatic carbocycles. The molecule has 1 aliphatic heterocycles. The highest BCUT2D eigenvalue weighted by Gasteiger charge is 2.26. The van der Waals surface area contributed by atoms with Crippen LogP contribution in [-0.4, -0.2) is 56.3 Å². The number of allylic oxidation sites excluding steroid dienone is 2. The number of hydrazone groups is 1. The van der Waals surface area contributed by atoms with Gasteiger partial charge in [0.15, 0.2) is 0 Å². The number of β-amino-alcohol motifs (C(OH)–C–C–N with tert-alkyl or cyclic N) is 1. The summed E-state index contributed by atoms with van der Waals surface area (Å²) in [4.78, 5) is 24.4. The summed E-state index contributed by atoms with van der Waals surface area (Å²) in [5.41, 5.74) is 0.559. The third kappa shape index (κ3) is 3.81. The molecular weight excluding hydrogens is 352 g/mol. The van der Waals surface area contributed by atoms with Gasteiger partial charge in [0, 0.05) is 5.56 Å². The standard InChI is InChI=1S/C18H20N4O5/c1-11-13(16(25)21(6-8-23)17(26)15(11)10-19)4-3-5-14-12(2)20-22(7-9-24)18(14)27/h3-5,23-25H,6-9H2,1-2H3/b4-3+,14-5-. The molecule has 3 N–H and O–H groups in total. The third-order valence-electron chi connectivity index (χ3n) is 4.13. The molecule has 0 fully saturated rings. The van der Waals surface area contributed by atoms with Gasteiger partial charge >= 0.3 is 0 Å². The lowest BCUT2D eigenvalue weighted by atomic mass is 10.0. The summed E-state index contributed by atoms with van der Waals surface area (Å²) in [6.07, 6.45) is 4.48. The van der Waals surface area contributed by atoms with Crippen LogP contribution in [0.25, 0.3) is 6.08 Å². The molecule has 0 atom stereocenters. The molecule has 1 aromatic heterocycles. The molecule has 0 spiro atoms. The van der Waals surface area contributed by atoms with Gasteiger partial charge in [-0.1, -0.05) is 6.08 Å². The zero-order valence-electron chi connectivity index (χ0n) is 15.0. The number of amides is 1. The van der Waals surface area contributed by atoms with Crippen LogP contribution in [0.3, 0.4) is 0 Å². The molecule has 9 heteroatoms. The zero-order chi connectivity index (χ0) is 20.1. The Hall–Kier alpha value is -3.22. The number of hydrogen-bond acceptors (Lipinski definition) is 7. The molecule has 1 amide bonds. The first-order chi connectivity index (χ1) is 12.9. The van der Waals surface area contributed by atoms with E-state index in [0.717, 1.165) is 9.58 Å². The number of pyridine rings is 1. The molecule has 27 heavy (non-hydrogen) atoms. The van der Waals surface area contributed by atoms with Crippen LogP contribution < -0.4 is 5.56 Å². The Kier molecular flexibility index (Phi) is 6.28. The maximum atomic E-state index is 12.2. The Morgan fingerprint density at radius 3 is 2.44 bits per heavy atom. The Labute approximate surface area is 155 Å². The zero-order valence-corrected chi connectivity index (χ0v) is 15.0. The van der Waals surface area contributed by atoms with E-state index in [4.69, 9.17) is 10.2 Å². The van der Waals surface area contributed by atoms with E-state index in [-0.39, 0.29) is 49.2 Å². The lowest BCUT2D eigenvalue weighted by Gasteiger charge is -2.13. The summed E-state index contributed by atoms with van der Waals surface area (Å²) in [5.74, 6) is -0.722. The van der Waals surface area contributed by atoms with E-state index >= 15 is 0 Å². The lowest BCUT2D eigenvalue weighted by Crippen LogP contribution is -2.26. The predicted octanol–water partition coefficient (Wildman–Crippen LogP) is -0.124. The second-order valence-electron chi connectivity index (χ2n) is 5.81. The number of nitriles is 1. The minimum atomic E-state index is -0.675. The van der Waals surface area contributed by atoms with Gasteiger partial charge in [0.25, 0.3) is 11.5 Å². The van der Waals surface area contributed by atoms with Gasteiger partial charge < -0.3 is 15.3 Å². The molecule has 0 unspecified atom stereocenters. The Bertz CT molecular complexity index is 950. The number of aromatic nitrogens is 1. The fraction of sp³-hybridized carbons (Fsp3) is 0.333. The van der Waals surface area contributed by atoms with Crippen LogP contribution in [0.15, 0.2) is 27.6 Å². The fourth-order valence-electron chi connectivity index (χ4n) is 2.73. The number of nitrogens with zero attached hydrogens (tertiary/aromatic N) is 4. The number of rotatable bonds is 6. The van der Waals surface area contributed by atoms with E-state index < -0.39 is 5.56 Å². The van der Waals surface area contributed by atoms with Crippen molar-refractivity contribution >= 4 is 17.7 Å². The summed E-state index contributed by atoms with van der Waals surface area (Å²) in [6, 6.07) is 1.82.